The van der Waals surface area contributed by atoms with Crippen LogP contribution < -0.4 is 0 Å². The molecule has 2 aromatic carbocycles. The lowest BCUT2D eigenvalue weighted by Crippen LogP contribution is -1.94. The Balaban J connectivity index is 1.77. The second-order valence-corrected chi connectivity index (χ2v) is 6.26. The zero-order chi connectivity index (χ0) is 20.3. The number of hydrogen-bond donors (Lipinski definition) is 0. The number of rotatable bonds is 7. The minimum absolute atomic E-state index is 0.0268. The molecule has 3 rings (SSSR count). The minimum atomic E-state index is -0.753. The summed E-state index contributed by atoms with van der Waals surface area (Å²) >= 11 is 1.15. The van der Waals surface area contributed by atoms with Gasteiger partial charge in [-0.05, 0) is 5.56 Å². The van der Waals surface area contributed by atoms with Gasteiger partial charge in [0, 0.05) is 30.0 Å². The predicted molar refractivity (Wildman–Crippen MR) is 95.7 cm³/mol. The Hall–Kier alpha value is -3.87. The van der Waals surface area contributed by atoms with Crippen LogP contribution in [0.5, 0.6) is 0 Å². The first kappa shape index (κ1) is 18.9. The minimum Gasteiger partial charge on any atom is -0.411 e. The van der Waals surface area contributed by atoms with E-state index in [-0.39, 0.29) is 22.4 Å². The third kappa shape index (κ3) is 4.27. The molecule has 0 spiro atoms. The molecule has 0 unspecified atom stereocenters. The van der Waals surface area contributed by atoms with Crippen molar-refractivity contribution in [2.24, 2.45) is 0 Å². The number of non-ortho nitro benzene ring substituents is 3. The lowest BCUT2D eigenvalue weighted by molar-refractivity contribution is -0.394. The van der Waals surface area contributed by atoms with Crippen molar-refractivity contribution in [3.05, 3.63) is 78.4 Å². The molecule has 0 bridgehead atoms. The maximum Gasteiger partial charge on any atom is 0.277 e. The fourth-order valence-electron chi connectivity index (χ4n) is 2.17. The van der Waals surface area contributed by atoms with Crippen LogP contribution >= 0.6 is 11.8 Å². The van der Waals surface area contributed by atoms with E-state index in [0.717, 1.165) is 35.5 Å². The lowest BCUT2D eigenvalue weighted by Gasteiger charge is -1.98. The summed E-state index contributed by atoms with van der Waals surface area (Å²) in [6.07, 6.45) is 0. The van der Waals surface area contributed by atoms with Crippen molar-refractivity contribution < 1.29 is 19.2 Å². The number of hydrogen-bond acceptors (Lipinski definition) is 10. The van der Waals surface area contributed by atoms with Gasteiger partial charge in [-0.2, -0.15) is 0 Å². The molecule has 0 aliphatic rings. The predicted octanol–water partition coefficient (Wildman–Crippen LogP) is 3.75. The van der Waals surface area contributed by atoms with Gasteiger partial charge in [0.2, 0.25) is 5.89 Å². The normalized spacial score (nSPS) is 10.6. The van der Waals surface area contributed by atoms with Gasteiger partial charge >= 0.3 is 0 Å². The monoisotopic (exact) mass is 403 g/mol. The van der Waals surface area contributed by atoms with Gasteiger partial charge in [-0.15, -0.1) is 10.2 Å². The van der Waals surface area contributed by atoms with E-state index in [2.05, 4.69) is 10.2 Å². The van der Waals surface area contributed by atoms with E-state index in [1.54, 1.807) is 12.1 Å². The molecule has 0 fully saturated rings. The number of nitro benzene ring substituents is 3. The van der Waals surface area contributed by atoms with Gasteiger partial charge in [-0.1, -0.05) is 23.9 Å². The van der Waals surface area contributed by atoms with Crippen LogP contribution in [0.1, 0.15) is 5.56 Å². The van der Waals surface area contributed by atoms with Gasteiger partial charge in [0.1, 0.15) is 0 Å². The number of nitro groups is 3. The maximum atomic E-state index is 11.0. The summed E-state index contributed by atoms with van der Waals surface area (Å²) in [6, 6.07) is 8.97. The molecule has 0 N–H and O–H groups in total. The zero-order valence-corrected chi connectivity index (χ0v) is 14.6. The summed E-state index contributed by atoms with van der Waals surface area (Å²) in [5.74, 6) is 0.285. The quantitative estimate of drug-likeness (QED) is 0.321. The van der Waals surface area contributed by atoms with Crippen LogP contribution in [0.3, 0.4) is 0 Å². The van der Waals surface area contributed by atoms with Crippen molar-refractivity contribution in [3.8, 4) is 11.5 Å². The first-order chi connectivity index (χ1) is 13.3. The van der Waals surface area contributed by atoms with E-state index in [0.29, 0.717) is 5.75 Å². The Morgan fingerprint density at radius 2 is 1.39 bits per heavy atom. The highest BCUT2D eigenvalue weighted by atomic mass is 32.2. The molecular formula is C15H9N5O7S. The second-order valence-electron chi connectivity index (χ2n) is 5.34. The van der Waals surface area contributed by atoms with Gasteiger partial charge in [-0.3, -0.25) is 30.3 Å². The molecule has 13 heteroatoms. The van der Waals surface area contributed by atoms with Gasteiger partial charge in [0.15, 0.2) is 0 Å². The van der Waals surface area contributed by atoms with Crippen LogP contribution in [0, 0.1) is 30.3 Å². The fourth-order valence-corrected chi connectivity index (χ4v) is 2.89. The summed E-state index contributed by atoms with van der Waals surface area (Å²) in [5, 5.41) is 40.3. The van der Waals surface area contributed by atoms with E-state index in [1.165, 1.54) is 12.1 Å². The lowest BCUT2D eigenvalue weighted by atomic mass is 10.2. The van der Waals surface area contributed by atoms with Crippen LogP contribution in [0.2, 0.25) is 0 Å². The van der Waals surface area contributed by atoms with Gasteiger partial charge in [-0.25, -0.2) is 0 Å². The highest BCUT2D eigenvalue weighted by molar-refractivity contribution is 7.98. The molecule has 1 heterocycles. The standard InChI is InChI=1S/C15H9N5O7S/c21-18(22)11-3-1-9(2-4-11)8-28-15-17-16-14(27-15)10-5-12(19(23)24)7-13(6-10)20(25)26/h1-7H,8H2. The third-order valence-corrected chi connectivity index (χ3v) is 4.38. The smallest absolute Gasteiger partial charge is 0.277 e. The average Bonchev–Trinajstić information content (AvgIpc) is 3.15. The van der Waals surface area contributed by atoms with E-state index in [9.17, 15) is 30.3 Å². The molecule has 142 valence electrons. The molecule has 0 radical (unpaired) electrons. The van der Waals surface area contributed by atoms with Crippen LogP contribution in [0.4, 0.5) is 17.1 Å². The maximum absolute atomic E-state index is 11.0. The molecule has 0 saturated heterocycles. The SMILES string of the molecule is O=[N+]([O-])c1ccc(CSc2nnc(-c3cc([N+](=O)[O-])cc([N+](=O)[O-])c3)o2)cc1. The summed E-state index contributed by atoms with van der Waals surface area (Å²) < 4.78 is 5.41. The molecule has 0 atom stereocenters. The number of aromatic nitrogens is 2. The fraction of sp³-hybridized carbons (Fsp3) is 0.0667. The number of thioether (sulfide) groups is 1. The van der Waals surface area contributed by atoms with Gasteiger partial charge in [0.05, 0.1) is 26.4 Å². The van der Waals surface area contributed by atoms with E-state index >= 15 is 0 Å². The second kappa shape index (κ2) is 7.79. The van der Waals surface area contributed by atoms with E-state index in [4.69, 9.17) is 4.42 Å². The van der Waals surface area contributed by atoms with Gasteiger partial charge < -0.3 is 4.42 Å². The van der Waals surface area contributed by atoms with Crippen LogP contribution in [0.15, 0.2) is 52.1 Å². The molecule has 3 aromatic rings. The van der Waals surface area contributed by atoms with Crippen molar-refractivity contribution in [2.75, 3.05) is 0 Å². The van der Waals surface area contributed by atoms with Crippen molar-refractivity contribution in [2.45, 2.75) is 11.0 Å². The highest BCUT2D eigenvalue weighted by Crippen LogP contribution is 2.31. The first-order valence-electron chi connectivity index (χ1n) is 7.47. The highest BCUT2D eigenvalue weighted by Gasteiger charge is 2.20. The molecule has 0 amide bonds. The molecule has 0 saturated carbocycles. The Bertz CT molecular complexity index is 1030. The van der Waals surface area contributed by atoms with Crippen molar-refractivity contribution in [1.82, 2.24) is 10.2 Å². The summed E-state index contributed by atoms with van der Waals surface area (Å²) in [6.45, 7) is 0. The zero-order valence-electron chi connectivity index (χ0n) is 13.8. The molecule has 0 aliphatic heterocycles. The van der Waals surface area contributed by atoms with Crippen molar-refractivity contribution in [1.29, 1.82) is 0 Å². The molecule has 12 nitrogen and oxygen atoms in total. The third-order valence-electron chi connectivity index (χ3n) is 3.49. The van der Waals surface area contributed by atoms with Crippen molar-refractivity contribution in [3.63, 3.8) is 0 Å². The van der Waals surface area contributed by atoms with Crippen LogP contribution in [-0.2, 0) is 5.75 Å². The Labute approximate surface area is 159 Å². The Morgan fingerprint density at radius 3 is 1.93 bits per heavy atom. The summed E-state index contributed by atoms with van der Waals surface area (Å²) in [7, 11) is 0. The van der Waals surface area contributed by atoms with Crippen LogP contribution in [0.25, 0.3) is 11.5 Å². The van der Waals surface area contributed by atoms with Crippen LogP contribution in [-0.4, -0.2) is 25.0 Å². The molecule has 1 aromatic heterocycles. The van der Waals surface area contributed by atoms with Gasteiger partial charge in [0.25, 0.3) is 22.3 Å². The average molecular weight is 403 g/mol. The summed E-state index contributed by atoms with van der Waals surface area (Å²) in [5.41, 5.74) is -0.136. The molecular weight excluding hydrogens is 394 g/mol. The Morgan fingerprint density at radius 1 is 0.821 bits per heavy atom. The molecule has 28 heavy (non-hydrogen) atoms. The van der Waals surface area contributed by atoms with Crippen molar-refractivity contribution >= 4 is 28.8 Å². The topological polar surface area (TPSA) is 168 Å². The van der Waals surface area contributed by atoms with E-state index in [1.807, 2.05) is 0 Å². The largest absolute Gasteiger partial charge is 0.411 e. The Kier molecular flexibility index (Phi) is 5.26. The number of benzene rings is 2. The van der Waals surface area contributed by atoms with E-state index < -0.39 is 26.1 Å². The number of nitrogens with zero attached hydrogens (tertiary/aromatic N) is 5. The molecule has 0 aliphatic carbocycles. The summed E-state index contributed by atoms with van der Waals surface area (Å²) in [4.78, 5) is 30.6. The first-order valence-corrected chi connectivity index (χ1v) is 8.46.